The molecule has 2 fully saturated rings. The summed E-state index contributed by atoms with van der Waals surface area (Å²) in [5.74, 6) is 1.40. The molecule has 0 radical (unpaired) electrons. The second-order valence-corrected chi connectivity index (χ2v) is 9.09. The molecule has 0 bridgehead atoms. The van der Waals surface area contributed by atoms with Gasteiger partial charge in [0.05, 0.1) is 11.5 Å². The molecule has 1 aromatic carbocycles. The summed E-state index contributed by atoms with van der Waals surface area (Å²) < 4.78 is 28.7. The first kappa shape index (κ1) is 18.2. The van der Waals surface area contributed by atoms with Crippen molar-refractivity contribution in [2.45, 2.75) is 12.8 Å². The van der Waals surface area contributed by atoms with Gasteiger partial charge in [-0.15, -0.1) is 0 Å². The van der Waals surface area contributed by atoms with Crippen LogP contribution in [0.1, 0.15) is 12.8 Å². The number of piperazine rings is 1. The van der Waals surface area contributed by atoms with Crippen molar-refractivity contribution in [2.75, 3.05) is 50.8 Å². The van der Waals surface area contributed by atoms with E-state index < -0.39 is 9.84 Å². The van der Waals surface area contributed by atoms with E-state index in [1.165, 1.54) is 0 Å². The number of sulfone groups is 1. The average Bonchev–Trinajstić information content (AvgIpc) is 2.95. The van der Waals surface area contributed by atoms with Crippen molar-refractivity contribution >= 4 is 15.7 Å². The highest BCUT2D eigenvalue weighted by Gasteiger charge is 2.31. The molecule has 2 aliphatic heterocycles. The highest BCUT2D eigenvalue weighted by molar-refractivity contribution is 7.91. The lowest BCUT2D eigenvalue weighted by molar-refractivity contribution is -0.133. The molecule has 0 saturated carbocycles. The third kappa shape index (κ3) is 5.44. The fourth-order valence-electron chi connectivity index (χ4n) is 3.44. The lowest BCUT2D eigenvalue weighted by atomic mass is 10.0. The fraction of sp³-hybridized carbons (Fsp3) is 0.611. The second-order valence-electron chi connectivity index (χ2n) is 6.86. The van der Waals surface area contributed by atoms with E-state index in [9.17, 15) is 13.2 Å². The van der Waals surface area contributed by atoms with E-state index in [1.807, 2.05) is 35.2 Å². The maximum atomic E-state index is 12.4. The van der Waals surface area contributed by atoms with E-state index in [-0.39, 0.29) is 23.3 Å². The normalized spacial score (nSPS) is 23.5. The zero-order valence-corrected chi connectivity index (χ0v) is 15.3. The van der Waals surface area contributed by atoms with Gasteiger partial charge in [-0.1, -0.05) is 18.2 Å². The van der Waals surface area contributed by atoms with Gasteiger partial charge in [-0.25, -0.2) is 8.42 Å². The van der Waals surface area contributed by atoms with Crippen LogP contribution in [0.4, 0.5) is 0 Å². The summed E-state index contributed by atoms with van der Waals surface area (Å²) in [4.78, 5) is 16.5. The van der Waals surface area contributed by atoms with Gasteiger partial charge in [0, 0.05) is 39.1 Å². The van der Waals surface area contributed by atoms with Crippen molar-refractivity contribution in [2.24, 2.45) is 5.92 Å². The Morgan fingerprint density at radius 1 is 1.12 bits per heavy atom. The van der Waals surface area contributed by atoms with Gasteiger partial charge in [-0.05, 0) is 24.5 Å². The van der Waals surface area contributed by atoms with Crippen LogP contribution in [-0.2, 0) is 14.6 Å². The molecule has 25 heavy (non-hydrogen) atoms. The monoisotopic (exact) mass is 366 g/mol. The summed E-state index contributed by atoms with van der Waals surface area (Å²) >= 11 is 0. The Labute approximate surface area is 149 Å². The fourth-order valence-corrected chi connectivity index (χ4v) is 5.30. The van der Waals surface area contributed by atoms with Crippen LogP contribution in [0.5, 0.6) is 5.75 Å². The highest BCUT2D eigenvalue weighted by atomic mass is 32.2. The molecule has 6 nitrogen and oxygen atoms in total. The SMILES string of the molecule is O=C(C[C@H]1CCS(=O)(=O)C1)N1CCN(CCOc2ccccc2)CC1. The topological polar surface area (TPSA) is 66.9 Å². The van der Waals surface area contributed by atoms with Gasteiger partial charge in [0.25, 0.3) is 0 Å². The van der Waals surface area contributed by atoms with Gasteiger partial charge in [0.15, 0.2) is 9.84 Å². The minimum atomic E-state index is -2.91. The molecule has 0 N–H and O–H groups in total. The minimum Gasteiger partial charge on any atom is -0.492 e. The molecule has 0 spiro atoms. The van der Waals surface area contributed by atoms with Crippen LogP contribution in [0.25, 0.3) is 0 Å². The molecule has 2 saturated heterocycles. The van der Waals surface area contributed by atoms with Crippen molar-refractivity contribution in [1.82, 2.24) is 9.80 Å². The van der Waals surface area contributed by atoms with Crippen molar-refractivity contribution in [3.63, 3.8) is 0 Å². The van der Waals surface area contributed by atoms with Crippen LogP contribution in [0.3, 0.4) is 0 Å². The quantitative estimate of drug-likeness (QED) is 0.752. The molecule has 0 aliphatic carbocycles. The Hall–Kier alpha value is -1.60. The Bertz CT molecular complexity index is 670. The van der Waals surface area contributed by atoms with Gasteiger partial charge >= 0.3 is 0 Å². The van der Waals surface area contributed by atoms with E-state index >= 15 is 0 Å². The van der Waals surface area contributed by atoms with Gasteiger partial charge in [-0.3, -0.25) is 9.69 Å². The van der Waals surface area contributed by atoms with E-state index in [1.54, 1.807) is 0 Å². The van der Waals surface area contributed by atoms with Gasteiger partial charge in [-0.2, -0.15) is 0 Å². The molecular weight excluding hydrogens is 340 g/mol. The molecule has 3 rings (SSSR count). The van der Waals surface area contributed by atoms with Crippen molar-refractivity contribution in [1.29, 1.82) is 0 Å². The van der Waals surface area contributed by atoms with Gasteiger partial charge in [0.1, 0.15) is 12.4 Å². The number of rotatable bonds is 6. The Morgan fingerprint density at radius 3 is 2.48 bits per heavy atom. The van der Waals surface area contributed by atoms with Crippen molar-refractivity contribution in [3.8, 4) is 5.75 Å². The first-order chi connectivity index (χ1) is 12.0. The Balaban J connectivity index is 1.35. The van der Waals surface area contributed by atoms with E-state index in [4.69, 9.17) is 4.74 Å². The van der Waals surface area contributed by atoms with Crippen molar-refractivity contribution < 1.29 is 17.9 Å². The van der Waals surface area contributed by atoms with Crippen LogP contribution in [-0.4, -0.2) is 75.0 Å². The molecule has 1 aromatic rings. The summed E-state index contributed by atoms with van der Waals surface area (Å²) in [6.45, 7) is 4.59. The highest BCUT2D eigenvalue weighted by Crippen LogP contribution is 2.22. The molecule has 138 valence electrons. The number of nitrogens with zero attached hydrogens (tertiary/aromatic N) is 2. The second kappa shape index (κ2) is 8.19. The third-order valence-corrected chi connectivity index (χ3v) is 6.77. The number of carbonyl (C=O) groups excluding carboxylic acids is 1. The predicted molar refractivity (Wildman–Crippen MR) is 96.3 cm³/mol. The van der Waals surface area contributed by atoms with Crippen LogP contribution < -0.4 is 4.74 Å². The van der Waals surface area contributed by atoms with Gasteiger partial charge < -0.3 is 9.64 Å². The average molecular weight is 366 g/mol. The molecule has 2 heterocycles. The predicted octanol–water partition coefficient (Wildman–Crippen LogP) is 1.03. The largest absolute Gasteiger partial charge is 0.492 e. The number of para-hydroxylation sites is 1. The maximum absolute atomic E-state index is 12.4. The van der Waals surface area contributed by atoms with Crippen LogP contribution in [0.2, 0.25) is 0 Å². The van der Waals surface area contributed by atoms with E-state index in [0.717, 1.165) is 25.4 Å². The molecule has 0 aromatic heterocycles. The number of carbonyl (C=O) groups is 1. The lowest BCUT2D eigenvalue weighted by Gasteiger charge is -2.35. The first-order valence-corrected chi connectivity index (χ1v) is 10.7. The standard InChI is InChI=1S/C18H26N2O4S/c21-18(14-16-6-13-25(22,23)15-16)20-9-7-19(8-10-20)11-12-24-17-4-2-1-3-5-17/h1-5,16H,6-15H2/t16-/m1/s1. The zero-order chi connectivity index (χ0) is 17.7. The number of benzene rings is 1. The molecule has 2 aliphatic rings. The summed E-state index contributed by atoms with van der Waals surface area (Å²) in [6, 6.07) is 9.76. The number of hydrogen-bond donors (Lipinski definition) is 0. The third-order valence-electron chi connectivity index (χ3n) is 4.93. The molecule has 1 atom stereocenters. The Morgan fingerprint density at radius 2 is 1.84 bits per heavy atom. The minimum absolute atomic E-state index is 0.00908. The van der Waals surface area contributed by atoms with Crippen molar-refractivity contribution in [3.05, 3.63) is 30.3 Å². The molecule has 1 amide bonds. The first-order valence-electron chi connectivity index (χ1n) is 8.90. The zero-order valence-electron chi connectivity index (χ0n) is 14.5. The summed E-state index contributed by atoms with van der Waals surface area (Å²) in [5.41, 5.74) is 0. The van der Waals surface area contributed by atoms with Crippen LogP contribution in [0.15, 0.2) is 30.3 Å². The maximum Gasteiger partial charge on any atom is 0.222 e. The van der Waals surface area contributed by atoms with E-state index in [2.05, 4.69) is 4.90 Å². The Kier molecular flexibility index (Phi) is 5.96. The van der Waals surface area contributed by atoms with E-state index in [0.29, 0.717) is 32.5 Å². The van der Waals surface area contributed by atoms with Crippen LogP contribution >= 0.6 is 0 Å². The summed E-state index contributed by atoms with van der Waals surface area (Å²) in [5, 5.41) is 0. The summed E-state index contributed by atoms with van der Waals surface area (Å²) in [6.07, 6.45) is 1.00. The summed E-state index contributed by atoms with van der Waals surface area (Å²) in [7, 11) is -2.91. The molecule has 7 heteroatoms. The number of amides is 1. The lowest BCUT2D eigenvalue weighted by Crippen LogP contribution is -2.49. The molecular formula is C18H26N2O4S. The molecule has 0 unspecified atom stereocenters. The smallest absolute Gasteiger partial charge is 0.222 e. The van der Waals surface area contributed by atoms with Gasteiger partial charge in [0.2, 0.25) is 5.91 Å². The number of hydrogen-bond acceptors (Lipinski definition) is 5. The number of ether oxygens (including phenoxy) is 1. The van der Waals surface area contributed by atoms with Crippen LogP contribution in [0, 0.1) is 5.92 Å².